The van der Waals surface area contributed by atoms with Gasteiger partial charge in [-0.25, -0.2) is 4.68 Å². The predicted octanol–water partition coefficient (Wildman–Crippen LogP) is 5.29. The Labute approximate surface area is 143 Å². The molecule has 0 aliphatic carbocycles. The Hall–Kier alpha value is -2.55. The van der Waals surface area contributed by atoms with Crippen LogP contribution < -0.4 is 0 Å². The van der Waals surface area contributed by atoms with Crippen molar-refractivity contribution in [2.24, 2.45) is 0 Å². The molecule has 1 aromatic heterocycles. The Morgan fingerprint density at radius 1 is 0.917 bits per heavy atom. The summed E-state index contributed by atoms with van der Waals surface area (Å²) in [6.07, 6.45) is 0. The van der Waals surface area contributed by atoms with E-state index in [-0.39, 0.29) is 11.8 Å². The average molecular weight is 320 g/mol. The third kappa shape index (κ3) is 2.71. The Bertz CT molecular complexity index is 891. The van der Waals surface area contributed by atoms with Crippen molar-refractivity contribution >= 4 is 0 Å². The summed E-state index contributed by atoms with van der Waals surface area (Å²) in [5, 5.41) is 15.6. The molecule has 3 nitrogen and oxygen atoms in total. The second-order valence-electron chi connectivity index (χ2n) is 6.74. The molecule has 0 unspecified atom stereocenters. The van der Waals surface area contributed by atoms with Crippen molar-refractivity contribution in [3.63, 3.8) is 0 Å². The molecule has 0 aliphatic rings. The van der Waals surface area contributed by atoms with Gasteiger partial charge in [0.1, 0.15) is 5.69 Å². The molecular weight excluding hydrogens is 296 g/mol. The molecule has 0 saturated heterocycles. The van der Waals surface area contributed by atoms with Crippen LogP contribution in [0.15, 0.2) is 42.5 Å². The van der Waals surface area contributed by atoms with Gasteiger partial charge >= 0.3 is 0 Å². The Kier molecular flexibility index (Phi) is 4.18. The third-order valence-corrected chi connectivity index (χ3v) is 4.61. The summed E-state index contributed by atoms with van der Waals surface area (Å²) < 4.78 is 1.66. The van der Waals surface area contributed by atoms with Crippen LogP contribution in [0.2, 0.25) is 0 Å². The van der Waals surface area contributed by atoms with E-state index in [0.717, 1.165) is 28.1 Å². The highest BCUT2D eigenvalue weighted by atomic mass is 16.3. The number of aryl methyl sites for hydroxylation is 3. The zero-order chi connectivity index (χ0) is 17.4. The quantitative estimate of drug-likeness (QED) is 0.711. The molecule has 3 heteroatoms. The molecule has 3 aromatic rings. The first-order valence-corrected chi connectivity index (χ1v) is 8.35. The topological polar surface area (TPSA) is 38.0 Å². The lowest BCUT2D eigenvalue weighted by atomic mass is 9.96. The molecule has 0 aliphatic heterocycles. The van der Waals surface area contributed by atoms with Crippen LogP contribution in [0, 0.1) is 20.8 Å². The summed E-state index contributed by atoms with van der Waals surface area (Å²) >= 11 is 0. The molecule has 3 rings (SSSR count). The van der Waals surface area contributed by atoms with Crippen LogP contribution in [0.25, 0.3) is 16.9 Å². The van der Waals surface area contributed by atoms with E-state index in [1.807, 2.05) is 18.2 Å². The molecule has 1 heterocycles. The minimum atomic E-state index is 0.180. The van der Waals surface area contributed by atoms with Crippen molar-refractivity contribution in [2.75, 3.05) is 0 Å². The lowest BCUT2D eigenvalue weighted by Gasteiger charge is -2.08. The first-order valence-electron chi connectivity index (χ1n) is 8.35. The van der Waals surface area contributed by atoms with Crippen LogP contribution in [-0.4, -0.2) is 14.9 Å². The van der Waals surface area contributed by atoms with E-state index in [2.05, 4.69) is 58.9 Å². The van der Waals surface area contributed by atoms with Crippen molar-refractivity contribution in [1.82, 2.24) is 9.78 Å². The van der Waals surface area contributed by atoms with Crippen molar-refractivity contribution in [3.8, 4) is 22.8 Å². The maximum absolute atomic E-state index is 10.8. The predicted molar refractivity (Wildman–Crippen MR) is 99.0 cm³/mol. The summed E-state index contributed by atoms with van der Waals surface area (Å²) in [6, 6.07) is 14.3. The normalized spacial score (nSPS) is 11.2. The monoisotopic (exact) mass is 320 g/mol. The van der Waals surface area contributed by atoms with E-state index in [1.165, 1.54) is 11.1 Å². The number of aromatic hydroxyl groups is 1. The largest absolute Gasteiger partial charge is 0.493 e. The van der Waals surface area contributed by atoms with Gasteiger partial charge in [0, 0.05) is 11.1 Å². The molecule has 0 spiro atoms. The van der Waals surface area contributed by atoms with Crippen molar-refractivity contribution in [2.45, 2.75) is 40.5 Å². The zero-order valence-electron chi connectivity index (χ0n) is 15.0. The Morgan fingerprint density at radius 2 is 1.62 bits per heavy atom. The molecule has 0 atom stereocenters. The van der Waals surface area contributed by atoms with Gasteiger partial charge in [0.05, 0.1) is 5.69 Å². The average Bonchev–Trinajstić information content (AvgIpc) is 2.88. The van der Waals surface area contributed by atoms with E-state index >= 15 is 0 Å². The highest BCUT2D eigenvalue weighted by molar-refractivity contribution is 5.70. The molecule has 0 radical (unpaired) electrons. The van der Waals surface area contributed by atoms with E-state index in [0.29, 0.717) is 0 Å². The SMILES string of the molecule is Cc1ccc(-n2nc(-c3ccccc3C)c(C(C)C)c2O)cc1C. The van der Waals surface area contributed by atoms with E-state index in [9.17, 15) is 5.11 Å². The summed E-state index contributed by atoms with van der Waals surface area (Å²) in [4.78, 5) is 0. The number of rotatable bonds is 3. The minimum absolute atomic E-state index is 0.180. The standard InChI is InChI=1S/C21H24N2O/c1-13(2)19-20(18-9-7-6-8-15(18)4)22-23(21(19)24)17-11-10-14(3)16(5)12-17/h6-13,24H,1-5H3. The van der Waals surface area contributed by atoms with Gasteiger partial charge in [0.2, 0.25) is 5.88 Å². The van der Waals surface area contributed by atoms with Crippen LogP contribution >= 0.6 is 0 Å². The first-order chi connectivity index (χ1) is 11.4. The number of hydrogen-bond acceptors (Lipinski definition) is 2. The number of benzene rings is 2. The van der Waals surface area contributed by atoms with Gasteiger partial charge in [-0.05, 0) is 55.5 Å². The lowest BCUT2D eigenvalue weighted by Crippen LogP contribution is -1.97. The van der Waals surface area contributed by atoms with Crippen LogP contribution in [0.4, 0.5) is 0 Å². The zero-order valence-corrected chi connectivity index (χ0v) is 15.0. The molecular formula is C21H24N2O. The second-order valence-corrected chi connectivity index (χ2v) is 6.74. The Morgan fingerprint density at radius 3 is 2.25 bits per heavy atom. The van der Waals surface area contributed by atoms with Crippen LogP contribution in [0.3, 0.4) is 0 Å². The van der Waals surface area contributed by atoms with Gasteiger partial charge in [-0.3, -0.25) is 0 Å². The second kappa shape index (κ2) is 6.16. The van der Waals surface area contributed by atoms with Gasteiger partial charge < -0.3 is 5.11 Å². The molecule has 0 bridgehead atoms. The number of hydrogen-bond donors (Lipinski definition) is 1. The van der Waals surface area contributed by atoms with Gasteiger partial charge in [0.25, 0.3) is 0 Å². The van der Waals surface area contributed by atoms with Gasteiger partial charge in [0.15, 0.2) is 0 Å². The molecule has 0 saturated carbocycles. The summed E-state index contributed by atoms with van der Waals surface area (Å²) in [6.45, 7) is 10.4. The van der Waals surface area contributed by atoms with Gasteiger partial charge in [-0.15, -0.1) is 0 Å². The fourth-order valence-electron chi connectivity index (χ4n) is 3.03. The highest BCUT2D eigenvalue weighted by Crippen LogP contribution is 2.38. The van der Waals surface area contributed by atoms with Crippen LogP contribution in [-0.2, 0) is 0 Å². The van der Waals surface area contributed by atoms with Gasteiger partial charge in [-0.1, -0.05) is 44.2 Å². The van der Waals surface area contributed by atoms with Crippen LogP contribution in [0.1, 0.15) is 42.0 Å². The molecule has 1 N–H and O–H groups in total. The summed E-state index contributed by atoms with van der Waals surface area (Å²) in [5.74, 6) is 0.409. The molecule has 2 aromatic carbocycles. The Balaban J connectivity index is 2.25. The minimum Gasteiger partial charge on any atom is -0.493 e. The highest BCUT2D eigenvalue weighted by Gasteiger charge is 2.23. The van der Waals surface area contributed by atoms with E-state index in [4.69, 9.17) is 5.10 Å². The van der Waals surface area contributed by atoms with E-state index in [1.54, 1.807) is 4.68 Å². The van der Waals surface area contributed by atoms with Gasteiger partial charge in [-0.2, -0.15) is 5.10 Å². The van der Waals surface area contributed by atoms with E-state index < -0.39 is 0 Å². The van der Waals surface area contributed by atoms with Crippen LogP contribution in [0.5, 0.6) is 5.88 Å². The summed E-state index contributed by atoms with van der Waals surface area (Å²) in [5.41, 5.74) is 7.28. The summed E-state index contributed by atoms with van der Waals surface area (Å²) in [7, 11) is 0. The third-order valence-electron chi connectivity index (χ3n) is 4.61. The number of aromatic nitrogens is 2. The first kappa shape index (κ1) is 16.3. The molecule has 0 amide bonds. The van der Waals surface area contributed by atoms with Crippen molar-refractivity contribution in [1.29, 1.82) is 0 Å². The maximum atomic E-state index is 10.8. The molecule has 124 valence electrons. The van der Waals surface area contributed by atoms with Crippen molar-refractivity contribution < 1.29 is 5.11 Å². The fourth-order valence-corrected chi connectivity index (χ4v) is 3.03. The lowest BCUT2D eigenvalue weighted by molar-refractivity contribution is 0.425. The molecule has 24 heavy (non-hydrogen) atoms. The maximum Gasteiger partial charge on any atom is 0.218 e. The fraction of sp³-hybridized carbons (Fsp3) is 0.286. The smallest absolute Gasteiger partial charge is 0.218 e. The van der Waals surface area contributed by atoms with Crippen molar-refractivity contribution in [3.05, 3.63) is 64.7 Å². The number of nitrogens with zero attached hydrogens (tertiary/aromatic N) is 2. The molecule has 0 fully saturated rings.